The Morgan fingerprint density at radius 1 is 1.29 bits per heavy atom. The summed E-state index contributed by atoms with van der Waals surface area (Å²) < 4.78 is 7.52. The van der Waals surface area contributed by atoms with Crippen molar-refractivity contribution < 1.29 is 4.74 Å². The molecule has 5 nitrogen and oxygen atoms in total. The number of ether oxygens (including phenoxy) is 1. The minimum Gasteiger partial charge on any atom is -0.494 e. The van der Waals surface area contributed by atoms with Crippen molar-refractivity contribution in [2.24, 2.45) is 5.10 Å². The van der Waals surface area contributed by atoms with Gasteiger partial charge in [-0.15, -0.1) is 0 Å². The van der Waals surface area contributed by atoms with Crippen molar-refractivity contribution in [1.82, 2.24) is 14.9 Å². The van der Waals surface area contributed by atoms with E-state index in [1.165, 1.54) is 0 Å². The van der Waals surface area contributed by atoms with Gasteiger partial charge in [0.2, 0.25) is 4.77 Å². The maximum atomic E-state index is 5.89. The van der Waals surface area contributed by atoms with Crippen molar-refractivity contribution in [3.63, 3.8) is 0 Å². The van der Waals surface area contributed by atoms with Gasteiger partial charge in [-0.25, -0.2) is 5.10 Å². The summed E-state index contributed by atoms with van der Waals surface area (Å²) in [6.45, 7) is 2.55. The Bertz CT molecular complexity index is 915. The SMILES string of the molecule is CCOc1cccc(-c2n[nH]c(=S)n2/N=C/c2ccc(Cl)cc2)c1. The molecule has 3 aromatic rings. The maximum absolute atomic E-state index is 5.89. The monoisotopic (exact) mass is 358 g/mol. The second-order valence-electron chi connectivity index (χ2n) is 4.92. The molecule has 0 aliphatic carbocycles. The van der Waals surface area contributed by atoms with E-state index in [9.17, 15) is 0 Å². The lowest BCUT2D eigenvalue weighted by atomic mass is 10.2. The third kappa shape index (κ3) is 3.72. The molecular weight excluding hydrogens is 344 g/mol. The molecule has 0 unspecified atom stereocenters. The van der Waals surface area contributed by atoms with Gasteiger partial charge in [-0.3, -0.25) is 0 Å². The van der Waals surface area contributed by atoms with Gasteiger partial charge in [-0.2, -0.15) is 14.9 Å². The molecule has 0 bridgehead atoms. The molecule has 0 saturated carbocycles. The van der Waals surface area contributed by atoms with Crippen LogP contribution in [0.4, 0.5) is 0 Å². The molecule has 0 radical (unpaired) electrons. The molecular formula is C17H15ClN4OS. The first-order chi connectivity index (χ1) is 11.7. The molecule has 0 fully saturated rings. The Labute approximate surface area is 149 Å². The highest BCUT2D eigenvalue weighted by Crippen LogP contribution is 2.22. The summed E-state index contributed by atoms with van der Waals surface area (Å²) in [7, 11) is 0. The summed E-state index contributed by atoms with van der Waals surface area (Å²) in [5, 5.41) is 12.2. The van der Waals surface area contributed by atoms with Crippen LogP contribution < -0.4 is 4.74 Å². The van der Waals surface area contributed by atoms with Gasteiger partial charge in [-0.1, -0.05) is 35.9 Å². The van der Waals surface area contributed by atoms with Gasteiger partial charge in [0, 0.05) is 10.6 Å². The Morgan fingerprint density at radius 2 is 2.08 bits per heavy atom. The largest absolute Gasteiger partial charge is 0.494 e. The van der Waals surface area contributed by atoms with Gasteiger partial charge in [0.25, 0.3) is 0 Å². The van der Waals surface area contributed by atoms with Crippen LogP contribution in [0.15, 0.2) is 53.6 Å². The number of aromatic nitrogens is 3. The third-order valence-electron chi connectivity index (χ3n) is 3.25. The van der Waals surface area contributed by atoms with E-state index in [0.29, 0.717) is 22.2 Å². The van der Waals surface area contributed by atoms with E-state index in [2.05, 4.69) is 15.3 Å². The van der Waals surface area contributed by atoms with E-state index in [1.54, 1.807) is 10.9 Å². The molecule has 1 aromatic heterocycles. The van der Waals surface area contributed by atoms with Crippen LogP contribution in [0.1, 0.15) is 12.5 Å². The topological polar surface area (TPSA) is 55.2 Å². The zero-order chi connectivity index (χ0) is 16.9. The summed E-state index contributed by atoms with van der Waals surface area (Å²) in [6, 6.07) is 15.0. The van der Waals surface area contributed by atoms with Gasteiger partial charge in [-0.05, 0) is 49.0 Å². The minimum absolute atomic E-state index is 0.414. The first kappa shape index (κ1) is 16.4. The van der Waals surface area contributed by atoms with Crippen molar-refractivity contribution in [3.8, 4) is 17.1 Å². The van der Waals surface area contributed by atoms with Crippen LogP contribution in [0.2, 0.25) is 5.02 Å². The molecule has 0 aliphatic heterocycles. The summed E-state index contributed by atoms with van der Waals surface area (Å²) in [6.07, 6.45) is 1.71. The van der Waals surface area contributed by atoms with Gasteiger partial charge in [0.05, 0.1) is 12.8 Å². The molecule has 3 rings (SSSR count). The van der Waals surface area contributed by atoms with E-state index in [1.807, 2.05) is 55.5 Å². The summed E-state index contributed by atoms with van der Waals surface area (Å²) in [4.78, 5) is 0. The lowest BCUT2D eigenvalue weighted by Gasteiger charge is -2.05. The predicted octanol–water partition coefficient (Wildman–Crippen LogP) is 4.54. The van der Waals surface area contributed by atoms with Crippen LogP contribution in [-0.4, -0.2) is 27.7 Å². The number of benzene rings is 2. The van der Waals surface area contributed by atoms with Gasteiger partial charge in [0.15, 0.2) is 5.82 Å². The Hall–Kier alpha value is -2.44. The fourth-order valence-corrected chi connectivity index (χ4v) is 2.46. The van der Waals surface area contributed by atoms with Crippen molar-refractivity contribution in [1.29, 1.82) is 0 Å². The Balaban J connectivity index is 1.95. The van der Waals surface area contributed by atoms with Crippen molar-refractivity contribution >= 4 is 30.0 Å². The summed E-state index contributed by atoms with van der Waals surface area (Å²) in [5.41, 5.74) is 1.78. The standard InChI is InChI=1S/C17H15ClN4OS/c1-2-23-15-5-3-4-13(10-15)16-20-21-17(24)22(16)19-11-12-6-8-14(18)9-7-12/h3-11H,2H2,1H3,(H,21,24)/b19-11+. The van der Waals surface area contributed by atoms with Crippen LogP contribution in [0.25, 0.3) is 11.4 Å². The molecule has 7 heteroatoms. The van der Waals surface area contributed by atoms with Crippen LogP contribution in [0.3, 0.4) is 0 Å². The normalized spacial score (nSPS) is 11.1. The van der Waals surface area contributed by atoms with Crippen LogP contribution >= 0.6 is 23.8 Å². The van der Waals surface area contributed by atoms with Crippen LogP contribution in [0, 0.1) is 4.77 Å². The molecule has 0 atom stereocenters. The molecule has 0 spiro atoms. The molecule has 0 saturated heterocycles. The quantitative estimate of drug-likeness (QED) is 0.538. The second kappa shape index (κ2) is 7.42. The molecule has 0 aliphatic rings. The third-order valence-corrected chi connectivity index (χ3v) is 3.76. The average molecular weight is 359 g/mol. The smallest absolute Gasteiger partial charge is 0.216 e. The number of nitrogens with one attached hydrogen (secondary N) is 1. The van der Waals surface area contributed by atoms with Gasteiger partial charge < -0.3 is 4.74 Å². The van der Waals surface area contributed by atoms with E-state index in [-0.39, 0.29) is 0 Å². The van der Waals surface area contributed by atoms with E-state index >= 15 is 0 Å². The number of H-pyrrole nitrogens is 1. The van der Waals surface area contributed by atoms with E-state index in [4.69, 9.17) is 28.6 Å². The molecule has 1 heterocycles. The highest BCUT2D eigenvalue weighted by atomic mass is 35.5. The van der Waals surface area contributed by atoms with E-state index in [0.717, 1.165) is 16.9 Å². The van der Waals surface area contributed by atoms with Crippen molar-refractivity contribution in [2.75, 3.05) is 6.61 Å². The first-order valence-corrected chi connectivity index (χ1v) is 8.16. The molecule has 2 aromatic carbocycles. The summed E-state index contributed by atoms with van der Waals surface area (Å²) in [5.74, 6) is 1.39. The fourth-order valence-electron chi connectivity index (χ4n) is 2.15. The van der Waals surface area contributed by atoms with Crippen LogP contribution in [-0.2, 0) is 0 Å². The highest BCUT2D eigenvalue weighted by Gasteiger charge is 2.09. The zero-order valence-electron chi connectivity index (χ0n) is 12.9. The molecule has 122 valence electrons. The van der Waals surface area contributed by atoms with Gasteiger partial charge in [0.1, 0.15) is 5.75 Å². The number of aromatic amines is 1. The van der Waals surface area contributed by atoms with Crippen molar-refractivity contribution in [2.45, 2.75) is 6.92 Å². The molecule has 24 heavy (non-hydrogen) atoms. The number of hydrogen-bond acceptors (Lipinski definition) is 4. The second-order valence-corrected chi connectivity index (χ2v) is 5.74. The number of nitrogens with zero attached hydrogens (tertiary/aromatic N) is 3. The fraction of sp³-hybridized carbons (Fsp3) is 0.118. The first-order valence-electron chi connectivity index (χ1n) is 7.38. The molecule has 0 amide bonds. The number of rotatable bonds is 5. The number of halogens is 1. The Kier molecular flexibility index (Phi) is 5.08. The van der Waals surface area contributed by atoms with Gasteiger partial charge >= 0.3 is 0 Å². The van der Waals surface area contributed by atoms with Crippen LogP contribution in [0.5, 0.6) is 5.75 Å². The predicted molar refractivity (Wildman–Crippen MR) is 98.5 cm³/mol. The average Bonchev–Trinajstić information content (AvgIpc) is 2.96. The summed E-state index contributed by atoms with van der Waals surface area (Å²) >= 11 is 11.2. The highest BCUT2D eigenvalue weighted by molar-refractivity contribution is 7.71. The molecule has 1 N–H and O–H groups in total. The lowest BCUT2D eigenvalue weighted by Crippen LogP contribution is -1.96. The number of hydrogen-bond donors (Lipinski definition) is 1. The zero-order valence-corrected chi connectivity index (χ0v) is 14.5. The minimum atomic E-state index is 0.414. The lowest BCUT2D eigenvalue weighted by molar-refractivity contribution is 0.340. The van der Waals surface area contributed by atoms with Crippen molar-refractivity contribution in [3.05, 3.63) is 63.9 Å². The van der Waals surface area contributed by atoms with E-state index < -0.39 is 0 Å². The maximum Gasteiger partial charge on any atom is 0.216 e. The Morgan fingerprint density at radius 3 is 2.83 bits per heavy atom.